The van der Waals surface area contributed by atoms with E-state index in [0.717, 1.165) is 46.8 Å². The Morgan fingerprint density at radius 2 is 1.82 bits per heavy atom. The molecule has 0 aliphatic heterocycles. The van der Waals surface area contributed by atoms with Gasteiger partial charge in [-0.2, -0.15) is 0 Å². The predicted octanol–water partition coefficient (Wildman–Crippen LogP) is 5.27. The maximum atomic E-state index is 11.5. The molecule has 5 nitrogen and oxygen atoms in total. The van der Waals surface area contributed by atoms with E-state index >= 15 is 0 Å². The standard InChI is InChI=1S/C23H19N3O2/c1-15(27)16-9-11-19(12-10-16)26-13-20(24-14-26)21-22(17-5-3-2-4-6-17)25-28-23(21)18-7-8-18/h2-6,9-14,18H,7-8H2,1H3. The second-order valence-electron chi connectivity index (χ2n) is 7.18. The highest BCUT2D eigenvalue weighted by atomic mass is 16.5. The zero-order chi connectivity index (χ0) is 19.1. The van der Waals surface area contributed by atoms with Crippen LogP contribution in [0.5, 0.6) is 0 Å². The van der Waals surface area contributed by atoms with Crippen LogP contribution in [0.15, 0.2) is 71.6 Å². The fourth-order valence-electron chi connectivity index (χ4n) is 3.43. The van der Waals surface area contributed by atoms with Crippen molar-refractivity contribution in [2.24, 2.45) is 0 Å². The largest absolute Gasteiger partial charge is 0.360 e. The Morgan fingerprint density at radius 1 is 1.07 bits per heavy atom. The van der Waals surface area contributed by atoms with Gasteiger partial charge in [0.25, 0.3) is 0 Å². The van der Waals surface area contributed by atoms with E-state index in [-0.39, 0.29) is 5.78 Å². The molecule has 0 saturated heterocycles. The van der Waals surface area contributed by atoms with Crippen LogP contribution in [0.25, 0.3) is 28.2 Å². The van der Waals surface area contributed by atoms with Gasteiger partial charge in [0.2, 0.25) is 0 Å². The summed E-state index contributed by atoms with van der Waals surface area (Å²) < 4.78 is 7.70. The number of imidazole rings is 1. The SMILES string of the molecule is CC(=O)c1ccc(-n2cnc(-c3c(-c4ccccc4)noc3C3CC3)c2)cc1. The van der Waals surface area contributed by atoms with Crippen LogP contribution < -0.4 is 0 Å². The Bertz CT molecular complexity index is 1140. The van der Waals surface area contributed by atoms with Gasteiger partial charge in [-0.3, -0.25) is 4.79 Å². The van der Waals surface area contributed by atoms with Gasteiger partial charge >= 0.3 is 0 Å². The Morgan fingerprint density at radius 3 is 2.50 bits per heavy atom. The summed E-state index contributed by atoms with van der Waals surface area (Å²) >= 11 is 0. The van der Waals surface area contributed by atoms with Crippen LogP contribution in [0.2, 0.25) is 0 Å². The lowest BCUT2D eigenvalue weighted by Gasteiger charge is -2.03. The van der Waals surface area contributed by atoms with Gasteiger partial charge in [-0.15, -0.1) is 0 Å². The molecule has 2 aromatic heterocycles. The third-order valence-corrected chi connectivity index (χ3v) is 5.12. The predicted molar refractivity (Wildman–Crippen MR) is 106 cm³/mol. The number of aromatic nitrogens is 3. The highest BCUT2D eigenvalue weighted by Gasteiger charge is 2.34. The summed E-state index contributed by atoms with van der Waals surface area (Å²) in [5.74, 6) is 1.42. The molecule has 0 N–H and O–H groups in total. The van der Waals surface area contributed by atoms with Crippen molar-refractivity contribution in [3.05, 3.63) is 78.4 Å². The van der Waals surface area contributed by atoms with Gasteiger partial charge in [0, 0.05) is 28.9 Å². The van der Waals surface area contributed by atoms with E-state index in [1.54, 1.807) is 13.3 Å². The molecule has 0 unspecified atom stereocenters. The van der Waals surface area contributed by atoms with Crippen molar-refractivity contribution in [2.45, 2.75) is 25.7 Å². The van der Waals surface area contributed by atoms with Crippen LogP contribution in [-0.4, -0.2) is 20.5 Å². The van der Waals surface area contributed by atoms with Crippen molar-refractivity contribution in [1.82, 2.24) is 14.7 Å². The number of ketones is 1. The molecule has 4 aromatic rings. The first-order chi connectivity index (χ1) is 13.7. The fourth-order valence-corrected chi connectivity index (χ4v) is 3.43. The summed E-state index contributed by atoms with van der Waals surface area (Å²) in [7, 11) is 0. The first-order valence-electron chi connectivity index (χ1n) is 9.41. The lowest BCUT2D eigenvalue weighted by Crippen LogP contribution is -1.94. The third-order valence-electron chi connectivity index (χ3n) is 5.12. The molecule has 0 radical (unpaired) electrons. The number of hydrogen-bond donors (Lipinski definition) is 0. The molecule has 2 heterocycles. The monoisotopic (exact) mass is 369 g/mol. The van der Waals surface area contributed by atoms with Crippen LogP contribution >= 0.6 is 0 Å². The molecule has 2 aromatic carbocycles. The number of benzene rings is 2. The van der Waals surface area contributed by atoms with Crippen LogP contribution in [-0.2, 0) is 0 Å². The summed E-state index contributed by atoms with van der Waals surface area (Å²) in [4.78, 5) is 16.1. The van der Waals surface area contributed by atoms with E-state index in [4.69, 9.17) is 4.52 Å². The molecule has 5 rings (SSSR count). The maximum absolute atomic E-state index is 11.5. The molecule has 138 valence electrons. The number of rotatable bonds is 5. The number of carbonyl (C=O) groups excluding carboxylic acids is 1. The van der Waals surface area contributed by atoms with Crippen molar-refractivity contribution in [3.8, 4) is 28.2 Å². The molecule has 28 heavy (non-hydrogen) atoms. The Kier molecular flexibility index (Phi) is 3.93. The topological polar surface area (TPSA) is 60.9 Å². The maximum Gasteiger partial charge on any atom is 0.159 e. The summed E-state index contributed by atoms with van der Waals surface area (Å²) in [5, 5.41) is 4.38. The first-order valence-corrected chi connectivity index (χ1v) is 9.41. The Hall–Kier alpha value is -3.47. The first kappa shape index (κ1) is 16.7. The molecule has 1 aliphatic rings. The zero-order valence-corrected chi connectivity index (χ0v) is 15.5. The summed E-state index contributed by atoms with van der Waals surface area (Å²) in [6, 6.07) is 17.6. The third kappa shape index (κ3) is 2.95. The molecule has 0 bridgehead atoms. The molecule has 1 aliphatic carbocycles. The highest BCUT2D eigenvalue weighted by Crippen LogP contribution is 2.47. The number of hydrogen-bond acceptors (Lipinski definition) is 4. The highest BCUT2D eigenvalue weighted by molar-refractivity contribution is 5.94. The fraction of sp³-hybridized carbons (Fsp3) is 0.174. The van der Waals surface area contributed by atoms with E-state index in [1.807, 2.05) is 65.4 Å². The van der Waals surface area contributed by atoms with Gasteiger partial charge in [0.1, 0.15) is 11.5 Å². The second-order valence-corrected chi connectivity index (χ2v) is 7.18. The normalized spacial score (nSPS) is 13.6. The summed E-state index contributed by atoms with van der Waals surface area (Å²) in [6.45, 7) is 1.57. The van der Waals surface area contributed by atoms with Gasteiger partial charge in [-0.05, 0) is 44.0 Å². The van der Waals surface area contributed by atoms with E-state index in [2.05, 4.69) is 10.1 Å². The van der Waals surface area contributed by atoms with Crippen molar-refractivity contribution in [1.29, 1.82) is 0 Å². The molecule has 0 spiro atoms. The van der Waals surface area contributed by atoms with Crippen LogP contribution in [0.4, 0.5) is 0 Å². The van der Waals surface area contributed by atoms with Gasteiger partial charge in [-0.25, -0.2) is 4.98 Å². The summed E-state index contributed by atoms with van der Waals surface area (Å²) in [5.41, 5.74) is 5.33. The molecule has 0 atom stereocenters. The van der Waals surface area contributed by atoms with E-state index in [9.17, 15) is 4.79 Å². The minimum absolute atomic E-state index is 0.0592. The van der Waals surface area contributed by atoms with Crippen molar-refractivity contribution in [3.63, 3.8) is 0 Å². The minimum Gasteiger partial charge on any atom is -0.360 e. The lowest BCUT2D eigenvalue weighted by molar-refractivity contribution is 0.101. The van der Waals surface area contributed by atoms with Gasteiger partial charge < -0.3 is 9.09 Å². The number of carbonyl (C=O) groups is 1. The smallest absolute Gasteiger partial charge is 0.159 e. The second kappa shape index (κ2) is 6.60. The summed E-state index contributed by atoms with van der Waals surface area (Å²) in [6.07, 6.45) is 6.04. The van der Waals surface area contributed by atoms with E-state index < -0.39 is 0 Å². The molecule has 1 saturated carbocycles. The van der Waals surface area contributed by atoms with E-state index in [1.165, 1.54) is 0 Å². The zero-order valence-electron chi connectivity index (χ0n) is 15.5. The Labute approximate surface area is 162 Å². The quantitative estimate of drug-likeness (QED) is 0.449. The van der Waals surface area contributed by atoms with Crippen LogP contribution in [0.3, 0.4) is 0 Å². The minimum atomic E-state index is 0.0592. The van der Waals surface area contributed by atoms with Gasteiger partial charge in [-0.1, -0.05) is 35.5 Å². The van der Waals surface area contributed by atoms with Crippen molar-refractivity contribution >= 4 is 5.78 Å². The van der Waals surface area contributed by atoms with Crippen LogP contribution in [0, 0.1) is 0 Å². The lowest BCUT2D eigenvalue weighted by atomic mass is 10.0. The molecule has 5 heteroatoms. The molecule has 1 fully saturated rings. The molecule has 0 amide bonds. The van der Waals surface area contributed by atoms with Gasteiger partial charge in [0.05, 0.1) is 17.6 Å². The van der Waals surface area contributed by atoms with Crippen LogP contribution in [0.1, 0.15) is 41.8 Å². The number of nitrogens with zero attached hydrogens (tertiary/aromatic N) is 3. The molecular formula is C23H19N3O2. The van der Waals surface area contributed by atoms with E-state index in [0.29, 0.717) is 11.5 Å². The van der Waals surface area contributed by atoms with Crippen molar-refractivity contribution < 1.29 is 9.32 Å². The Balaban J connectivity index is 1.57. The van der Waals surface area contributed by atoms with Crippen molar-refractivity contribution in [2.75, 3.05) is 0 Å². The average Bonchev–Trinajstić information content (AvgIpc) is 3.29. The number of Topliss-reactive ketones (excluding diaryl/α,β-unsaturated/α-hetero) is 1. The van der Waals surface area contributed by atoms with Gasteiger partial charge in [0.15, 0.2) is 5.78 Å². The molecular weight excluding hydrogens is 350 g/mol. The average molecular weight is 369 g/mol.